The maximum atomic E-state index is 2.42. The van der Waals surface area contributed by atoms with Crippen molar-refractivity contribution >= 4 is 29.1 Å². The summed E-state index contributed by atoms with van der Waals surface area (Å²) in [6, 6.07) is 19.7. The van der Waals surface area contributed by atoms with E-state index in [-0.39, 0.29) is 0 Å². The first-order valence-electron chi connectivity index (χ1n) is 6.85. The van der Waals surface area contributed by atoms with E-state index in [1.54, 1.807) is 5.19 Å². The van der Waals surface area contributed by atoms with Gasteiger partial charge in [-0.15, -0.1) is 0 Å². The van der Waals surface area contributed by atoms with Crippen LogP contribution in [0.25, 0.3) is 5.57 Å². The highest BCUT2D eigenvalue weighted by atomic mass is 28.3. The van der Waals surface area contributed by atoms with E-state index < -0.39 is 8.07 Å². The lowest BCUT2D eigenvalue weighted by molar-refractivity contribution is 1.56. The van der Waals surface area contributed by atoms with Crippen molar-refractivity contribution in [1.29, 1.82) is 0 Å². The fraction of sp³-hybridized carbons (Fsp3) is 0.176. The number of benzene rings is 2. The molecule has 0 aliphatic heterocycles. The highest BCUT2D eigenvalue weighted by Gasteiger charge is 2.21. The summed E-state index contributed by atoms with van der Waals surface area (Å²) >= 11 is 0. The van der Waals surface area contributed by atoms with Crippen molar-refractivity contribution in [3.05, 3.63) is 71.4 Å². The largest absolute Gasteiger partial charge is 0.0971 e. The molecule has 0 radical (unpaired) electrons. The van der Waals surface area contributed by atoms with Crippen molar-refractivity contribution in [2.75, 3.05) is 0 Å². The highest BCUT2D eigenvalue weighted by Crippen LogP contribution is 2.23. The molecular formula is C17H22Si2. The summed E-state index contributed by atoms with van der Waals surface area (Å²) in [5.41, 5.74) is 6.55. The average molecular weight is 283 g/mol. The molecule has 0 fully saturated rings. The van der Waals surface area contributed by atoms with Crippen molar-refractivity contribution < 1.29 is 0 Å². The molecule has 0 aliphatic carbocycles. The summed E-state index contributed by atoms with van der Waals surface area (Å²) in [6.07, 6.45) is 0. The standard InChI is InChI=1S/C17H22Si2/c1-19(2,3)17-12-8-7-11-15(17)16(13-18)14-9-5-4-6-10-14/h4-13H,1-3,18H3. The third-order valence-corrected chi connectivity index (χ3v) is 6.03. The molecule has 2 heteroatoms. The van der Waals surface area contributed by atoms with Crippen molar-refractivity contribution in [3.63, 3.8) is 0 Å². The monoisotopic (exact) mass is 282 g/mol. The van der Waals surface area contributed by atoms with Gasteiger partial charge in [0.1, 0.15) is 0 Å². The van der Waals surface area contributed by atoms with Crippen molar-refractivity contribution in [2.45, 2.75) is 19.6 Å². The fourth-order valence-corrected chi connectivity index (χ4v) is 4.73. The Morgan fingerprint density at radius 1 is 0.895 bits per heavy atom. The molecule has 0 bridgehead atoms. The van der Waals surface area contributed by atoms with Crippen molar-refractivity contribution in [1.82, 2.24) is 0 Å². The summed E-state index contributed by atoms with van der Waals surface area (Å²) < 4.78 is 0. The molecule has 2 aromatic carbocycles. The Hall–Kier alpha value is -1.39. The van der Waals surface area contributed by atoms with Crippen molar-refractivity contribution in [2.24, 2.45) is 0 Å². The van der Waals surface area contributed by atoms with Gasteiger partial charge in [-0.3, -0.25) is 0 Å². The lowest BCUT2D eigenvalue weighted by atomic mass is 9.99. The topological polar surface area (TPSA) is 0 Å². The molecule has 19 heavy (non-hydrogen) atoms. The van der Waals surface area contributed by atoms with Gasteiger partial charge in [-0.25, -0.2) is 0 Å². The van der Waals surface area contributed by atoms with Crippen LogP contribution in [0.15, 0.2) is 60.3 Å². The Bertz CT molecular complexity index is 578. The minimum atomic E-state index is -1.32. The molecule has 0 atom stereocenters. The molecule has 0 saturated heterocycles. The van der Waals surface area contributed by atoms with E-state index in [0.717, 1.165) is 10.2 Å². The zero-order chi connectivity index (χ0) is 13.9. The zero-order valence-corrected chi connectivity index (χ0v) is 15.3. The molecule has 0 amide bonds. The van der Waals surface area contributed by atoms with Crippen LogP contribution in [0.5, 0.6) is 0 Å². The lowest BCUT2D eigenvalue weighted by Crippen LogP contribution is -2.39. The third-order valence-electron chi connectivity index (χ3n) is 3.40. The first kappa shape index (κ1) is 14.0. The van der Waals surface area contributed by atoms with Crippen LogP contribution in [-0.2, 0) is 0 Å². The van der Waals surface area contributed by atoms with Gasteiger partial charge in [0.2, 0.25) is 0 Å². The Balaban J connectivity index is 2.58. The van der Waals surface area contributed by atoms with Crippen LogP contribution >= 0.6 is 0 Å². The second-order valence-corrected chi connectivity index (χ2v) is 11.5. The predicted octanol–water partition coefficient (Wildman–Crippen LogP) is 2.99. The van der Waals surface area contributed by atoms with Gasteiger partial charge in [-0.2, -0.15) is 0 Å². The number of rotatable bonds is 3. The quantitative estimate of drug-likeness (QED) is 0.759. The van der Waals surface area contributed by atoms with Gasteiger partial charge >= 0.3 is 0 Å². The van der Waals surface area contributed by atoms with Gasteiger partial charge < -0.3 is 0 Å². The van der Waals surface area contributed by atoms with E-state index in [2.05, 4.69) is 79.9 Å². The summed E-state index contributed by atoms with van der Waals surface area (Å²) in [6.45, 7) is 7.25. The van der Waals surface area contributed by atoms with Crippen LogP contribution < -0.4 is 5.19 Å². The van der Waals surface area contributed by atoms with E-state index in [1.807, 2.05) is 0 Å². The molecular weight excluding hydrogens is 260 g/mol. The first-order valence-corrected chi connectivity index (χ1v) is 11.5. The Kier molecular flexibility index (Phi) is 4.22. The summed E-state index contributed by atoms with van der Waals surface area (Å²) in [7, 11) is -0.235. The van der Waals surface area contributed by atoms with Crippen LogP contribution in [0.4, 0.5) is 0 Å². The minimum Gasteiger partial charge on any atom is -0.0971 e. The average Bonchev–Trinajstić information content (AvgIpc) is 2.40. The van der Waals surface area contributed by atoms with Gasteiger partial charge in [0.05, 0.1) is 8.07 Å². The molecule has 2 aromatic rings. The van der Waals surface area contributed by atoms with Gasteiger partial charge in [0.25, 0.3) is 0 Å². The van der Waals surface area contributed by atoms with Gasteiger partial charge in [-0.05, 0) is 16.7 Å². The molecule has 2 rings (SSSR count). The molecule has 0 unspecified atom stereocenters. The Morgan fingerprint density at radius 3 is 2.05 bits per heavy atom. The molecule has 0 aromatic heterocycles. The van der Waals surface area contributed by atoms with E-state index in [9.17, 15) is 0 Å². The normalized spacial score (nSPS) is 12.7. The highest BCUT2D eigenvalue weighted by molar-refractivity contribution is 6.89. The Morgan fingerprint density at radius 2 is 1.47 bits per heavy atom. The minimum absolute atomic E-state index is 1.08. The molecule has 98 valence electrons. The molecule has 0 nitrogen and oxygen atoms in total. The van der Waals surface area contributed by atoms with Crippen LogP contribution in [-0.4, -0.2) is 18.3 Å². The molecule has 0 spiro atoms. The van der Waals surface area contributed by atoms with Crippen LogP contribution in [0, 0.1) is 0 Å². The van der Waals surface area contributed by atoms with E-state index in [4.69, 9.17) is 0 Å². The van der Waals surface area contributed by atoms with Gasteiger partial charge in [0, 0.05) is 10.2 Å². The SMILES string of the molecule is C[Si](C)(C)c1ccccc1C(=C[SiH3])c1ccccc1. The molecule has 0 aliphatic rings. The van der Waals surface area contributed by atoms with Crippen LogP contribution in [0.2, 0.25) is 19.6 Å². The molecule has 0 saturated carbocycles. The predicted molar refractivity (Wildman–Crippen MR) is 92.9 cm³/mol. The lowest BCUT2D eigenvalue weighted by Gasteiger charge is -2.22. The first-order chi connectivity index (χ1) is 9.04. The number of hydrogen-bond donors (Lipinski definition) is 0. The van der Waals surface area contributed by atoms with Gasteiger partial charge in [0.15, 0.2) is 0 Å². The maximum Gasteiger partial charge on any atom is 0.0784 e. The fourth-order valence-electron chi connectivity index (χ4n) is 2.47. The second-order valence-electron chi connectivity index (χ2n) is 5.86. The smallest absolute Gasteiger partial charge is 0.0784 e. The van der Waals surface area contributed by atoms with Crippen LogP contribution in [0.1, 0.15) is 11.1 Å². The van der Waals surface area contributed by atoms with Crippen molar-refractivity contribution in [3.8, 4) is 0 Å². The van der Waals surface area contributed by atoms with Crippen LogP contribution in [0.3, 0.4) is 0 Å². The Labute approximate surface area is 120 Å². The van der Waals surface area contributed by atoms with E-state index >= 15 is 0 Å². The second kappa shape index (κ2) is 5.72. The number of hydrogen-bond acceptors (Lipinski definition) is 0. The summed E-state index contributed by atoms with van der Waals surface area (Å²) in [5.74, 6) is 0. The van der Waals surface area contributed by atoms with E-state index in [0.29, 0.717) is 0 Å². The van der Waals surface area contributed by atoms with Gasteiger partial charge in [-0.1, -0.05) is 85.1 Å². The van der Waals surface area contributed by atoms with E-state index in [1.165, 1.54) is 16.7 Å². The molecule has 0 N–H and O–H groups in total. The summed E-state index contributed by atoms with van der Waals surface area (Å²) in [5, 5.41) is 1.56. The zero-order valence-electron chi connectivity index (χ0n) is 12.3. The maximum absolute atomic E-state index is 2.42. The summed E-state index contributed by atoms with van der Waals surface area (Å²) in [4.78, 5) is 0. The third kappa shape index (κ3) is 3.14. The molecule has 0 heterocycles.